The number of nitro groups is 2. The van der Waals surface area contributed by atoms with Crippen LogP contribution in [0.5, 0.6) is 5.75 Å². The molecule has 2 heterocycles. The van der Waals surface area contributed by atoms with Gasteiger partial charge < -0.3 is 14.8 Å². The molecule has 0 radical (unpaired) electrons. The van der Waals surface area contributed by atoms with E-state index < -0.39 is 27.0 Å². The lowest BCUT2D eigenvalue weighted by Gasteiger charge is -2.33. The van der Waals surface area contributed by atoms with Crippen molar-refractivity contribution in [2.45, 2.75) is 46.6 Å². The number of furan rings is 1. The number of amides is 1. The standard InChI is InChI=1S/C25H26N4O7S/c1-25(2,3)15-6-7-18-20(10-15)37-24(21(18)23(31)26-13-17-5-4-8-36-17)27-12-14-9-16(28(32)33)11-19(22(14)30)29(34)35/h4-5,8-9,11-12,15,30H,6-7,10,13H2,1-3H3,(H,26,31)/t15-/m0/s1. The van der Waals surface area contributed by atoms with E-state index in [1.807, 2.05) is 0 Å². The van der Waals surface area contributed by atoms with Crippen LogP contribution in [0.1, 0.15) is 59.3 Å². The molecule has 4 rings (SSSR count). The molecule has 11 nitrogen and oxygen atoms in total. The first-order valence-corrected chi connectivity index (χ1v) is 12.4. The van der Waals surface area contributed by atoms with Crippen LogP contribution in [0.4, 0.5) is 16.4 Å². The molecule has 0 spiro atoms. The van der Waals surface area contributed by atoms with Gasteiger partial charge in [0.15, 0.2) is 0 Å². The van der Waals surface area contributed by atoms with Crippen LogP contribution in [0.25, 0.3) is 0 Å². The number of phenolic OH excluding ortho intramolecular Hbond substituents is 1. The molecule has 1 aliphatic rings. The molecule has 2 aromatic heterocycles. The van der Waals surface area contributed by atoms with Crippen molar-refractivity contribution in [1.29, 1.82) is 0 Å². The van der Waals surface area contributed by atoms with Crippen molar-refractivity contribution in [3.05, 3.63) is 78.1 Å². The van der Waals surface area contributed by atoms with Crippen molar-refractivity contribution in [3.63, 3.8) is 0 Å². The van der Waals surface area contributed by atoms with Crippen molar-refractivity contribution in [1.82, 2.24) is 5.32 Å². The minimum Gasteiger partial charge on any atom is -0.502 e. The molecule has 1 amide bonds. The van der Waals surface area contributed by atoms with Gasteiger partial charge >= 0.3 is 5.69 Å². The predicted octanol–water partition coefficient (Wildman–Crippen LogP) is 5.69. The Morgan fingerprint density at radius 2 is 2.05 bits per heavy atom. The van der Waals surface area contributed by atoms with Gasteiger partial charge in [0, 0.05) is 22.7 Å². The highest BCUT2D eigenvalue weighted by Gasteiger charge is 2.34. The number of benzene rings is 1. The van der Waals surface area contributed by atoms with E-state index in [9.17, 15) is 30.1 Å². The Morgan fingerprint density at radius 3 is 2.68 bits per heavy atom. The molecule has 1 atom stereocenters. The van der Waals surface area contributed by atoms with Gasteiger partial charge in [0.05, 0.1) is 34.3 Å². The molecule has 0 saturated carbocycles. The van der Waals surface area contributed by atoms with E-state index in [2.05, 4.69) is 31.1 Å². The van der Waals surface area contributed by atoms with Crippen LogP contribution < -0.4 is 5.32 Å². The van der Waals surface area contributed by atoms with E-state index in [1.165, 1.54) is 17.6 Å². The first kappa shape index (κ1) is 26.0. The zero-order chi connectivity index (χ0) is 26.9. The Bertz CT molecular complexity index is 1390. The van der Waals surface area contributed by atoms with E-state index >= 15 is 0 Å². The largest absolute Gasteiger partial charge is 0.502 e. The number of carbonyl (C=O) groups excluding carboxylic acids is 1. The lowest BCUT2D eigenvalue weighted by Crippen LogP contribution is -2.28. The van der Waals surface area contributed by atoms with Gasteiger partial charge in [0.25, 0.3) is 11.6 Å². The number of hydrogen-bond acceptors (Lipinski definition) is 9. The van der Waals surface area contributed by atoms with Crippen LogP contribution in [0.15, 0.2) is 39.9 Å². The Morgan fingerprint density at radius 1 is 1.30 bits per heavy atom. The average molecular weight is 527 g/mol. The van der Waals surface area contributed by atoms with E-state index in [0.717, 1.165) is 35.6 Å². The molecule has 1 aromatic carbocycles. The minimum atomic E-state index is -0.899. The number of nitrogens with one attached hydrogen (secondary N) is 1. The molecule has 0 unspecified atom stereocenters. The Kier molecular flexibility index (Phi) is 7.12. The quantitative estimate of drug-likeness (QED) is 0.227. The van der Waals surface area contributed by atoms with Gasteiger partial charge in [-0.2, -0.15) is 0 Å². The van der Waals surface area contributed by atoms with Gasteiger partial charge in [-0.15, -0.1) is 11.3 Å². The van der Waals surface area contributed by atoms with Crippen molar-refractivity contribution in [2.24, 2.45) is 16.3 Å². The summed E-state index contributed by atoms with van der Waals surface area (Å²) in [5, 5.41) is 36.1. The number of aliphatic imine (C=N–C) groups is 1. The Hall–Kier alpha value is -4.06. The fourth-order valence-electron chi connectivity index (χ4n) is 4.40. The molecule has 0 aliphatic heterocycles. The Labute approximate surface area is 216 Å². The third-order valence-electron chi connectivity index (χ3n) is 6.53. The summed E-state index contributed by atoms with van der Waals surface area (Å²) in [5.41, 5.74) is -0.160. The van der Waals surface area contributed by atoms with Crippen LogP contribution in [0, 0.1) is 31.6 Å². The van der Waals surface area contributed by atoms with Crippen molar-refractivity contribution in [2.75, 3.05) is 0 Å². The van der Waals surface area contributed by atoms with Crippen molar-refractivity contribution < 1.29 is 24.2 Å². The minimum absolute atomic E-state index is 0.0838. The molecule has 0 saturated heterocycles. The zero-order valence-corrected chi connectivity index (χ0v) is 21.3. The number of aromatic hydroxyl groups is 1. The number of thiophene rings is 1. The molecule has 194 valence electrons. The molecule has 0 fully saturated rings. The van der Waals surface area contributed by atoms with Crippen LogP contribution >= 0.6 is 11.3 Å². The second kappa shape index (κ2) is 10.1. The fourth-order valence-corrected chi connectivity index (χ4v) is 5.67. The summed E-state index contributed by atoms with van der Waals surface area (Å²) in [6, 6.07) is 5.16. The maximum Gasteiger partial charge on any atom is 0.318 e. The molecule has 37 heavy (non-hydrogen) atoms. The van der Waals surface area contributed by atoms with E-state index in [4.69, 9.17) is 4.42 Å². The Balaban J connectivity index is 1.74. The fraction of sp³-hybridized carbons (Fsp3) is 0.360. The summed E-state index contributed by atoms with van der Waals surface area (Å²) in [4.78, 5) is 39.6. The lowest BCUT2D eigenvalue weighted by molar-refractivity contribution is -0.394. The number of nitro benzene ring substituents is 2. The number of hydrogen-bond donors (Lipinski definition) is 2. The molecule has 1 aliphatic carbocycles. The highest BCUT2D eigenvalue weighted by Crippen LogP contribution is 2.45. The van der Waals surface area contributed by atoms with E-state index in [0.29, 0.717) is 34.7 Å². The third kappa shape index (κ3) is 5.53. The summed E-state index contributed by atoms with van der Waals surface area (Å²) in [7, 11) is 0. The number of non-ortho nitro benzene ring substituents is 1. The zero-order valence-electron chi connectivity index (χ0n) is 20.5. The van der Waals surface area contributed by atoms with Crippen LogP contribution in [0.3, 0.4) is 0 Å². The van der Waals surface area contributed by atoms with Gasteiger partial charge in [0.1, 0.15) is 10.8 Å². The summed E-state index contributed by atoms with van der Waals surface area (Å²) >= 11 is 1.35. The molecule has 0 bridgehead atoms. The molecule has 12 heteroatoms. The first-order chi connectivity index (χ1) is 17.5. The topological polar surface area (TPSA) is 161 Å². The predicted molar refractivity (Wildman–Crippen MR) is 138 cm³/mol. The monoisotopic (exact) mass is 526 g/mol. The number of nitrogens with zero attached hydrogens (tertiary/aromatic N) is 3. The highest BCUT2D eigenvalue weighted by molar-refractivity contribution is 7.16. The maximum atomic E-state index is 13.3. The van der Waals surface area contributed by atoms with Crippen molar-refractivity contribution in [3.8, 4) is 5.75 Å². The first-order valence-electron chi connectivity index (χ1n) is 11.6. The number of phenols is 1. The van der Waals surface area contributed by atoms with Gasteiger partial charge in [-0.25, -0.2) is 4.99 Å². The van der Waals surface area contributed by atoms with Crippen LogP contribution in [0.2, 0.25) is 0 Å². The maximum absolute atomic E-state index is 13.3. The highest BCUT2D eigenvalue weighted by atomic mass is 32.1. The molecule has 3 aromatic rings. The molecular formula is C25H26N4O7S. The third-order valence-corrected chi connectivity index (χ3v) is 7.70. The van der Waals surface area contributed by atoms with Crippen molar-refractivity contribution >= 4 is 39.8 Å². The SMILES string of the molecule is CC(C)(C)[C@H]1CCc2c(sc(N=Cc3cc([N+](=O)[O-])cc([N+](=O)[O-])c3O)c2C(=O)NCc2ccco2)C1. The van der Waals surface area contributed by atoms with Gasteiger partial charge in [-0.05, 0) is 48.3 Å². The average Bonchev–Trinajstić information content (AvgIpc) is 3.48. The summed E-state index contributed by atoms with van der Waals surface area (Å²) in [5.74, 6) is -0.0797. The normalized spacial score (nSPS) is 15.5. The van der Waals surface area contributed by atoms with Gasteiger partial charge in [0.2, 0.25) is 5.75 Å². The smallest absolute Gasteiger partial charge is 0.318 e. The molecule has 2 N–H and O–H groups in total. The van der Waals surface area contributed by atoms with Gasteiger partial charge in [-0.1, -0.05) is 20.8 Å². The van der Waals surface area contributed by atoms with Gasteiger partial charge in [-0.3, -0.25) is 25.0 Å². The second-order valence-corrected chi connectivity index (χ2v) is 11.0. The van der Waals surface area contributed by atoms with E-state index in [-0.39, 0.29) is 23.4 Å². The number of fused-ring (bicyclic) bond motifs is 1. The molecular weight excluding hydrogens is 500 g/mol. The second-order valence-electron chi connectivity index (χ2n) is 9.93. The summed E-state index contributed by atoms with van der Waals surface area (Å²) in [6.45, 7) is 6.74. The summed E-state index contributed by atoms with van der Waals surface area (Å²) in [6.07, 6.45) is 5.02. The van der Waals surface area contributed by atoms with Crippen LogP contribution in [-0.2, 0) is 19.4 Å². The lowest BCUT2D eigenvalue weighted by atomic mass is 9.72. The van der Waals surface area contributed by atoms with Crippen LogP contribution in [-0.4, -0.2) is 27.1 Å². The summed E-state index contributed by atoms with van der Waals surface area (Å²) < 4.78 is 5.30. The number of carbonyl (C=O) groups is 1. The number of rotatable bonds is 7. The van der Waals surface area contributed by atoms with E-state index in [1.54, 1.807) is 12.1 Å².